The van der Waals surface area contributed by atoms with Gasteiger partial charge in [0, 0.05) is 17.4 Å². The number of rotatable bonds is 2. The molecule has 0 aliphatic heterocycles. The van der Waals surface area contributed by atoms with E-state index in [1.54, 1.807) is 6.07 Å². The molecule has 2 nitrogen and oxygen atoms in total. The maximum atomic E-state index is 11.2. The van der Waals surface area contributed by atoms with Gasteiger partial charge in [-0.05, 0) is 19.4 Å². The van der Waals surface area contributed by atoms with Crippen molar-refractivity contribution in [3.8, 4) is 0 Å². The third-order valence-corrected chi connectivity index (χ3v) is 4.76. The molecule has 0 fully saturated rings. The fourth-order valence-electron chi connectivity index (χ4n) is 3.15. The minimum atomic E-state index is -0.967. The Hall–Kier alpha value is -1.41. The summed E-state index contributed by atoms with van der Waals surface area (Å²) < 4.78 is 0. The van der Waals surface area contributed by atoms with Crippen LogP contribution in [0, 0.1) is 11.8 Å². The first kappa shape index (κ1) is 13.0. The molecule has 0 aromatic heterocycles. The maximum absolute atomic E-state index is 11.2. The van der Waals surface area contributed by atoms with E-state index in [9.17, 15) is 9.90 Å². The third kappa shape index (κ3) is 1.56. The molecule has 18 heavy (non-hydrogen) atoms. The van der Waals surface area contributed by atoms with Gasteiger partial charge >= 0.3 is 0 Å². The van der Waals surface area contributed by atoms with E-state index in [0.29, 0.717) is 5.56 Å². The molecule has 0 bridgehead atoms. The van der Waals surface area contributed by atoms with Crippen molar-refractivity contribution in [3.05, 3.63) is 46.5 Å². The highest BCUT2D eigenvalue weighted by Crippen LogP contribution is 2.50. The van der Waals surface area contributed by atoms with Crippen LogP contribution in [-0.2, 0) is 5.60 Å². The lowest BCUT2D eigenvalue weighted by molar-refractivity contribution is -0.0268. The highest BCUT2D eigenvalue weighted by molar-refractivity contribution is 5.78. The molecule has 2 rings (SSSR count). The normalized spacial score (nSPS) is 31.8. The average molecular weight is 244 g/mol. The Kier molecular flexibility index (Phi) is 3.16. The molecule has 2 unspecified atom stereocenters. The van der Waals surface area contributed by atoms with Crippen molar-refractivity contribution < 1.29 is 9.90 Å². The Morgan fingerprint density at radius 1 is 1.11 bits per heavy atom. The van der Waals surface area contributed by atoms with Crippen molar-refractivity contribution in [2.75, 3.05) is 0 Å². The summed E-state index contributed by atoms with van der Waals surface area (Å²) in [5.41, 5.74) is 2.82. The number of benzene rings is 1. The molecule has 1 aliphatic carbocycles. The SMILES string of the molecule is CC1=C(C)C(C)C(O)(c2ccccc2C=O)C1C. The van der Waals surface area contributed by atoms with Gasteiger partial charge in [0.25, 0.3) is 0 Å². The fourth-order valence-corrected chi connectivity index (χ4v) is 3.15. The van der Waals surface area contributed by atoms with Crippen molar-refractivity contribution >= 4 is 6.29 Å². The molecule has 1 N–H and O–H groups in total. The van der Waals surface area contributed by atoms with Crippen LogP contribution in [0.15, 0.2) is 35.4 Å². The molecule has 2 heteroatoms. The van der Waals surface area contributed by atoms with Gasteiger partial charge in [-0.25, -0.2) is 0 Å². The van der Waals surface area contributed by atoms with Gasteiger partial charge in [-0.2, -0.15) is 0 Å². The molecule has 0 saturated heterocycles. The Morgan fingerprint density at radius 2 is 1.61 bits per heavy atom. The summed E-state index contributed by atoms with van der Waals surface area (Å²) >= 11 is 0. The molecule has 1 aliphatic rings. The summed E-state index contributed by atoms with van der Waals surface area (Å²) in [6, 6.07) is 7.34. The summed E-state index contributed by atoms with van der Waals surface area (Å²) in [4.78, 5) is 11.2. The second-order valence-electron chi connectivity index (χ2n) is 5.34. The number of carbonyl (C=O) groups is 1. The molecule has 96 valence electrons. The smallest absolute Gasteiger partial charge is 0.150 e. The second-order valence-corrected chi connectivity index (χ2v) is 5.34. The molecule has 0 radical (unpaired) electrons. The summed E-state index contributed by atoms with van der Waals surface area (Å²) in [6.07, 6.45) is 0.829. The molecule has 2 atom stereocenters. The van der Waals surface area contributed by atoms with Crippen LogP contribution >= 0.6 is 0 Å². The zero-order valence-corrected chi connectivity index (χ0v) is 11.4. The van der Waals surface area contributed by atoms with E-state index < -0.39 is 5.60 Å². The van der Waals surface area contributed by atoms with Gasteiger partial charge in [-0.1, -0.05) is 49.3 Å². The molecule has 1 aromatic carbocycles. The van der Waals surface area contributed by atoms with Gasteiger partial charge in [-0.3, -0.25) is 4.79 Å². The van der Waals surface area contributed by atoms with E-state index >= 15 is 0 Å². The zero-order valence-electron chi connectivity index (χ0n) is 11.4. The number of hydrogen-bond donors (Lipinski definition) is 1. The Labute approximate surface area is 108 Å². The van der Waals surface area contributed by atoms with E-state index in [-0.39, 0.29) is 11.8 Å². The molecule has 0 amide bonds. The Balaban J connectivity index is 2.60. The van der Waals surface area contributed by atoms with Crippen molar-refractivity contribution in [2.24, 2.45) is 11.8 Å². The largest absolute Gasteiger partial charge is 0.384 e. The molecule has 0 saturated carbocycles. The Bertz CT molecular complexity index is 496. The van der Waals surface area contributed by atoms with E-state index in [0.717, 1.165) is 11.8 Å². The standard InChI is InChI=1S/C16H20O2/c1-10-11(2)13(4)16(18,12(10)3)15-8-6-5-7-14(15)9-17/h5-9,12-13,18H,1-4H3. The van der Waals surface area contributed by atoms with Crippen LogP contribution in [0.5, 0.6) is 0 Å². The summed E-state index contributed by atoms with van der Waals surface area (Å²) in [7, 11) is 0. The van der Waals surface area contributed by atoms with Gasteiger partial charge in [-0.15, -0.1) is 0 Å². The van der Waals surface area contributed by atoms with Gasteiger partial charge in [0.1, 0.15) is 11.9 Å². The van der Waals surface area contributed by atoms with E-state index in [2.05, 4.69) is 13.8 Å². The lowest BCUT2D eigenvalue weighted by Crippen LogP contribution is -2.37. The topological polar surface area (TPSA) is 37.3 Å². The molecule has 1 aromatic rings. The lowest BCUT2D eigenvalue weighted by Gasteiger charge is -2.35. The zero-order chi connectivity index (χ0) is 13.5. The second kappa shape index (κ2) is 4.36. The van der Waals surface area contributed by atoms with Crippen LogP contribution in [0.3, 0.4) is 0 Å². The van der Waals surface area contributed by atoms with Gasteiger partial charge < -0.3 is 5.11 Å². The first-order chi connectivity index (χ1) is 8.44. The molecule has 0 spiro atoms. The van der Waals surface area contributed by atoms with Gasteiger partial charge in [0.15, 0.2) is 0 Å². The maximum Gasteiger partial charge on any atom is 0.150 e. The average Bonchev–Trinajstić information content (AvgIpc) is 2.55. The quantitative estimate of drug-likeness (QED) is 0.640. The monoisotopic (exact) mass is 244 g/mol. The van der Waals surface area contributed by atoms with Crippen LogP contribution in [0.1, 0.15) is 43.6 Å². The minimum Gasteiger partial charge on any atom is -0.384 e. The van der Waals surface area contributed by atoms with Crippen molar-refractivity contribution in [1.29, 1.82) is 0 Å². The minimum absolute atomic E-state index is 0.0357. The van der Waals surface area contributed by atoms with Crippen molar-refractivity contribution in [3.63, 3.8) is 0 Å². The summed E-state index contributed by atoms with van der Waals surface area (Å²) in [6.45, 7) is 8.20. The highest BCUT2D eigenvalue weighted by atomic mass is 16.3. The number of carbonyl (C=O) groups excluding carboxylic acids is 1. The number of aliphatic hydroxyl groups is 1. The van der Waals surface area contributed by atoms with Crippen molar-refractivity contribution in [2.45, 2.75) is 33.3 Å². The van der Waals surface area contributed by atoms with Crippen molar-refractivity contribution in [1.82, 2.24) is 0 Å². The number of hydrogen-bond acceptors (Lipinski definition) is 2. The molecular formula is C16H20O2. The summed E-state index contributed by atoms with van der Waals surface area (Å²) in [5, 5.41) is 11.2. The van der Waals surface area contributed by atoms with Gasteiger partial charge in [0.05, 0.1) is 0 Å². The highest BCUT2D eigenvalue weighted by Gasteiger charge is 2.48. The lowest BCUT2D eigenvalue weighted by atomic mass is 9.75. The predicted octanol–water partition coefficient (Wildman–Crippen LogP) is 3.31. The van der Waals surface area contributed by atoms with E-state index in [1.165, 1.54) is 11.1 Å². The van der Waals surface area contributed by atoms with E-state index in [4.69, 9.17) is 0 Å². The Morgan fingerprint density at radius 3 is 2.11 bits per heavy atom. The summed E-state index contributed by atoms with van der Waals surface area (Å²) in [5.74, 6) is 0.0715. The first-order valence-corrected chi connectivity index (χ1v) is 6.38. The van der Waals surface area contributed by atoms with Gasteiger partial charge in [0.2, 0.25) is 0 Å². The first-order valence-electron chi connectivity index (χ1n) is 6.38. The van der Waals surface area contributed by atoms with Crippen LogP contribution in [0.4, 0.5) is 0 Å². The van der Waals surface area contributed by atoms with Crippen LogP contribution in [0.25, 0.3) is 0 Å². The van der Waals surface area contributed by atoms with Crippen LogP contribution < -0.4 is 0 Å². The van der Waals surface area contributed by atoms with E-state index in [1.807, 2.05) is 32.0 Å². The fraction of sp³-hybridized carbons (Fsp3) is 0.438. The number of aldehydes is 1. The predicted molar refractivity (Wildman–Crippen MR) is 72.4 cm³/mol. The molecular weight excluding hydrogens is 224 g/mol. The van der Waals surface area contributed by atoms with Crippen LogP contribution in [0.2, 0.25) is 0 Å². The van der Waals surface area contributed by atoms with Crippen LogP contribution in [-0.4, -0.2) is 11.4 Å². The molecule has 0 heterocycles. The third-order valence-electron chi connectivity index (χ3n) is 4.76.